The summed E-state index contributed by atoms with van der Waals surface area (Å²) < 4.78 is 0. The Hall–Kier alpha value is -2.69. The SMILES string of the molecule is CC(C)C(NC(=O)CNC(=O)CNC(=O)C(N)CC(N)=O)C(=O)O. The first-order valence-electron chi connectivity index (χ1n) is 7.15. The maximum absolute atomic E-state index is 11.6. The molecule has 0 aromatic rings. The molecule has 136 valence electrons. The smallest absolute Gasteiger partial charge is 0.326 e. The van der Waals surface area contributed by atoms with E-state index in [1.54, 1.807) is 13.8 Å². The number of carboxylic acid groups (broad SMARTS) is 1. The number of hydrogen-bond donors (Lipinski definition) is 6. The van der Waals surface area contributed by atoms with Crippen LogP contribution in [-0.2, 0) is 24.0 Å². The van der Waals surface area contributed by atoms with Crippen LogP contribution < -0.4 is 27.4 Å². The summed E-state index contributed by atoms with van der Waals surface area (Å²) in [6, 6.07) is -2.23. The topological polar surface area (TPSA) is 194 Å². The molecule has 11 nitrogen and oxygen atoms in total. The van der Waals surface area contributed by atoms with Crippen LogP contribution in [0.15, 0.2) is 0 Å². The van der Waals surface area contributed by atoms with Gasteiger partial charge in [0.15, 0.2) is 0 Å². The lowest BCUT2D eigenvalue weighted by atomic mass is 10.1. The Kier molecular flexibility index (Phi) is 9.02. The average molecular weight is 345 g/mol. The van der Waals surface area contributed by atoms with Crippen molar-refractivity contribution in [2.24, 2.45) is 17.4 Å². The lowest BCUT2D eigenvalue weighted by Crippen LogP contribution is -2.50. The fourth-order valence-corrected chi connectivity index (χ4v) is 1.59. The monoisotopic (exact) mass is 345 g/mol. The van der Waals surface area contributed by atoms with Gasteiger partial charge in [0.25, 0.3) is 0 Å². The summed E-state index contributed by atoms with van der Waals surface area (Å²) in [5.74, 6) is -4.35. The summed E-state index contributed by atoms with van der Waals surface area (Å²) in [5.41, 5.74) is 10.3. The highest BCUT2D eigenvalue weighted by atomic mass is 16.4. The molecule has 0 aliphatic rings. The molecule has 0 heterocycles. The van der Waals surface area contributed by atoms with E-state index in [1.165, 1.54) is 0 Å². The Morgan fingerprint density at radius 2 is 1.54 bits per heavy atom. The highest BCUT2D eigenvalue weighted by Crippen LogP contribution is 2.00. The van der Waals surface area contributed by atoms with Crippen LogP contribution in [0.25, 0.3) is 0 Å². The molecule has 0 aromatic carbocycles. The van der Waals surface area contributed by atoms with E-state index in [0.717, 1.165) is 0 Å². The van der Waals surface area contributed by atoms with Gasteiger partial charge in [-0.05, 0) is 5.92 Å². The van der Waals surface area contributed by atoms with Gasteiger partial charge in [0.05, 0.1) is 25.6 Å². The summed E-state index contributed by atoms with van der Waals surface area (Å²) in [6.07, 6.45) is -0.359. The summed E-state index contributed by atoms with van der Waals surface area (Å²) in [7, 11) is 0. The molecule has 24 heavy (non-hydrogen) atoms. The Morgan fingerprint density at radius 1 is 1.00 bits per heavy atom. The lowest BCUT2D eigenvalue weighted by Gasteiger charge is -2.18. The Balaban J connectivity index is 4.17. The molecule has 0 aliphatic heterocycles. The van der Waals surface area contributed by atoms with Gasteiger partial charge in [-0.15, -0.1) is 0 Å². The molecular formula is C13H23N5O6. The van der Waals surface area contributed by atoms with E-state index in [0.29, 0.717) is 0 Å². The minimum absolute atomic E-state index is 0.326. The number of carboxylic acids is 1. The van der Waals surface area contributed by atoms with Gasteiger partial charge in [0, 0.05) is 0 Å². The fraction of sp³-hybridized carbons (Fsp3) is 0.615. The molecule has 8 N–H and O–H groups in total. The third kappa shape index (κ3) is 8.68. The molecule has 2 unspecified atom stereocenters. The van der Waals surface area contributed by atoms with Crippen LogP contribution in [0.5, 0.6) is 0 Å². The summed E-state index contributed by atoms with van der Waals surface area (Å²) in [4.78, 5) is 56.1. The van der Waals surface area contributed by atoms with Crippen molar-refractivity contribution < 1.29 is 29.1 Å². The zero-order valence-electron chi connectivity index (χ0n) is 13.5. The van der Waals surface area contributed by atoms with Crippen LogP contribution in [-0.4, -0.2) is 59.9 Å². The number of carbonyl (C=O) groups is 5. The molecule has 0 aromatic heterocycles. The van der Waals surface area contributed by atoms with Gasteiger partial charge in [0.1, 0.15) is 6.04 Å². The summed E-state index contributed by atoms with van der Waals surface area (Å²) >= 11 is 0. The maximum Gasteiger partial charge on any atom is 0.326 e. The number of amides is 4. The summed E-state index contributed by atoms with van der Waals surface area (Å²) in [5, 5.41) is 15.6. The second-order valence-electron chi connectivity index (χ2n) is 5.40. The molecule has 0 fully saturated rings. The van der Waals surface area contributed by atoms with E-state index in [4.69, 9.17) is 16.6 Å². The lowest BCUT2D eigenvalue weighted by molar-refractivity contribution is -0.143. The molecule has 4 amide bonds. The second kappa shape index (κ2) is 10.2. The minimum Gasteiger partial charge on any atom is -0.480 e. The fourth-order valence-electron chi connectivity index (χ4n) is 1.59. The van der Waals surface area contributed by atoms with E-state index in [9.17, 15) is 24.0 Å². The summed E-state index contributed by atoms with van der Waals surface area (Å²) in [6.45, 7) is 2.36. The Morgan fingerprint density at radius 3 is 2.00 bits per heavy atom. The highest BCUT2D eigenvalue weighted by Gasteiger charge is 2.23. The molecular weight excluding hydrogens is 322 g/mol. The van der Waals surface area contributed by atoms with Crippen molar-refractivity contribution in [1.29, 1.82) is 0 Å². The Labute approximate surface area is 138 Å². The van der Waals surface area contributed by atoms with Crippen molar-refractivity contribution in [2.45, 2.75) is 32.4 Å². The van der Waals surface area contributed by atoms with Crippen molar-refractivity contribution in [2.75, 3.05) is 13.1 Å². The maximum atomic E-state index is 11.6. The number of primary amides is 1. The van der Waals surface area contributed by atoms with Crippen LogP contribution in [0, 0.1) is 5.92 Å². The number of hydrogen-bond acceptors (Lipinski definition) is 6. The molecule has 0 saturated carbocycles. The van der Waals surface area contributed by atoms with Gasteiger partial charge in [-0.1, -0.05) is 13.8 Å². The van der Waals surface area contributed by atoms with Gasteiger partial charge in [-0.25, -0.2) is 4.79 Å². The second-order valence-corrected chi connectivity index (χ2v) is 5.40. The number of nitrogens with one attached hydrogen (secondary N) is 3. The van der Waals surface area contributed by atoms with Crippen molar-refractivity contribution >= 4 is 29.6 Å². The van der Waals surface area contributed by atoms with Crippen LogP contribution in [0.1, 0.15) is 20.3 Å². The van der Waals surface area contributed by atoms with E-state index in [2.05, 4.69) is 16.0 Å². The number of aliphatic carboxylic acids is 1. The third-order valence-electron chi connectivity index (χ3n) is 2.88. The van der Waals surface area contributed by atoms with Crippen LogP contribution in [0.3, 0.4) is 0 Å². The molecule has 0 radical (unpaired) electrons. The molecule has 0 saturated heterocycles. The van der Waals surface area contributed by atoms with Crippen LogP contribution in [0.4, 0.5) is 0 Å². The molecule has 11 heteroatoms. The Bertz CT molecular complexity index is 507. The first kappa shape index (κ1) is 21.3. The number of carbonyl (C=O) groups excluding carboxylic acids is 4. The first-order valence-corrected chi connectivity index (χ1v) is 7.15. The predicted octanol–water partition coefficient (Wildman–Crippen LogP) is -3.35. The van der Waals surface area contributed by atoms with Gasteiger partial charge >= 0.3 is 5.97 Å². The van der Waals surface area contributed by atoms with Gasteiger partial charge in [-0.3, -0.25) is 19.2 Å². The van der Waals surface area contributed by atoms with Gasteiger partial charge in [-0.2, -0.15) is 0 Å². The zero-order valence-corrected chi connectivity index (χ0v) is 13.5. The minimum atomic E-state index is -1.18. The van der Waals surface area contributed by atoms with Gasteiger partial charge in [0.2, 0.25) is 23.6 Å². The third-order valence-corrected chi connectivity index (χ3v) is 2.88. The van der Waals surface area contributed by atoms with E-state index < -0.39 is 54.8 Å². The molecule has 0 aliphatic carbocycles. The highest BCUT2D eigenvalue weighted by molar-refractivity contribution is 5.92. The van der Waals surface area contributed by atoms with E-state index in [1.807, 2.05) is 0 Å². The van der Waals surface area contributed by atoms with Crippen molar-refractivity contribution in [3.63, 3.8) is 0 Å². The van der Waals surface area contributed by atoms with Crippen molar-refractivity contribution in [3.05, 3.63) is 0 Å². The van der Waals surface area contributed by atoms with Gasteiger partial charge < -0.3 is 32.5 Å². The van der Waals surface area contributed by atoms with E-state index >= 15 is 0 Å². The number of rotatable bonds is 10. The zero-order chi connectivity index (χ0) is 18.9. The molecule has 0 spiro atoms. The molecule has 0 bridgehead atoms. The standard InChI is InChI=1S/C13H23N5O6/c1-6(2)11(13(23)24)18-10(21)5-16-9(20)4-17-12(22)7(14)3-8(15)19/h6-7,11H,3-5,14H2,1-2H3,(H2,15,19)(H,16,20)(H,17,22)(H,18,21)(H,23,24). The van der Waals surface area contributed by atoms with E-state index in [-0.39, 0.29) is 12.3 Å². The first-order chi connectivity index (χ1) is 11.0. The van der Waals surface area contributed by atoms with Crippen LogP contribution >= 0.6 is 0 Å². The number of nitrogens with two attached hydrogens (primary N) is 2. The molecule has 2 atom stereocenters. The predicted molar refractivity (Wildman–Crippen MR) is 82.2 cm³/mol. The average Bonchev–Trinajstić information content (AvgIpc) is 2.46. The van der Waals surface area contributed by atoms with Crippen molar-refractivity contribution in [3.8, 4) is 0 Å². The van der Waals surface area contributed by atoms with Crippen LogP contribution in [0.2, 0.25) is 0 Å². The largest absolute Gasteiger partial charge is 0.480 e. The molecule has 0 rings (SSSR count). The normalized spacial score (nSPS) is 12.8. The van der Waals surface area contributed by atoms with Crippen molar-refractivity contribution in [1.82, 2.24) is 16.0 Å². The quantitative estimate of drug-likeness (QED) is 0.238.